The molecule has 1 aliphatic heterocycles. The highest BCUT2D eigenvalue weighted by atomic mass is 35.5. The second-order valence-corrected chi connectivity index (χ2v) is 8.90. The van der Waals surface area contributed by atoms with Gasteiger partial charge in [-0.1, -0.05) is 37.3 Å². The van der Waals surface area contributed by atoms with Crippen LogP contribution >= 0.6 is 23.4 Å². The number of nitrogens with zero attached hydrogens (tertiary/aromatic N) is 3. The normalized spacial score (nSPS) is 15.7. The van der Waals surface area contributed by atoms with Crippen LogP contribution in [-0.2, 0) is 14.3 Å². The van der Waals surface area contributed by atoms with Gasteiger partial charge in [-0.25, -0.2) is 4.98 Å². The van der Waals surface area contributed by atoms with Crippen LogP contribution in [0.5, 0.6) is 11.6 Å². The molecule has 2 aromatic carbocycles. The minimum absolute atomic E-state index is 0.0775. The zero-order valence-corrected chi connectivity index (χ0v) is 20.2. The molecule has 0 bridgehead atoms. The summed E-state index contributed by atoms with van der Waals surface area (Å²) in [7, 11) is 0. The van der Waals surface area contributed by atoms with Gasteiger partial charge in [-0.15, -0.1) is 0 Å². The van der Waals surface area contributed by atoms with Crippen LogP contribution in [0.25, 0.3) is 16.8 Å². The summed E-state index contributed by atoms with van der Waals surface area (Å²) in [5, 5.41) is 0.713. The summed E-state index contributed by atoms with van der Waals surface area (Å²) in [5.74, 6) is -2.35. The quantitative estimate of drug-likeness (QED) is 0.228. The molecule has 1 aliphatic rings. The molecule has 1 aromatic heterocycles. The highest BCUT2D eigenvalue weighted by molar-refractivity contribution is 8.18. The van der Waals surface area contributed by atoms with Gasteiger partial charge >= 0.3 is 5.97 Å². The zero-order valence-electron chi connectivity index (χ0n) is 18.7. The van der Waals surface area contributed by atoms with Crippen molar-refractivity contribution in [2.24, 2.45) is 0 Å². The van der Waals surface area contributed by atoms with Crippen LogP contribution in [0.15, 0.2) is 47.5 Å². The van der Waals surface area contributed by atoms with E-state index in [0.29, 0.717) is 29.1 Å². The molecule has 4 rings (SSSR count). The number of esters is 1. The van der Waals surface area contributed by atoms with Crippen molar-refractivity contribution in [3.63, 3.8) is 0 Å². The van der Waals surface area contributed by atoms with Crippen molar-refractivity contribution >= 4 is 57.3 Å². The Hall–Kier alpha value is -3.50. The van der Waals surface area contributed by atoms with E-state index in [9.17, 15) is 18.8 Å². The Morgan fingerprint density at radius 2 is 2.03 bits per heavy atom. The van der Waals surface area contributed by atoms with Crippen molar-refractivity contribution in [2.45, 2.75) is 26.4 Å². The number of imide groups is 1. The van der Waals surface area contributed by atoms with Crippen molar-refractivity contribution in [3.8, 4) is 11.6 Å². The summed E-state index contributed by atoms with van der Waals surface area (Å²) in [6, 6.07) is 10.6. The molecular weight excluding hydrogens is 497 g/mol. The van der Waals surface area contributed by atoms with E-state index in [1.54, 1.807) is 31.2 Å². The van der Waals surface area contributed by atoms with E-state index in [1.165, 1.54) is 6.08 Å². The lowest BCUT2D eigenvalue weighted by molar-refractivity contribution is -0.150. The number of benzene rings is 2. The fourth-order valence-corrected chi connectivity index (χ4v) is 4.21. The molecule has 1 saturated heterocycles. The minimum Gasteiger partial charge on any atom is -0.461 e. The third-order valence-electron chi connectivity index (χ3n) is 5.16. The van der Waals surface area contributed by atoms with Crippen LogP contribution in [0.1, 0.15) is 25.8 Å². The van der Waals surface area contributed by atoms with E-state index < -0.39 is 35.4 Å². The van der Waals surface area contributed by atoms with E-state index in [0.717, 1.165) is 16.5 Å². The second-order valence-electron chi connectivity index (χ2n) is 7.57. The topological polar surface area (TPSA) is 98.7 Å². The first-order chi connectivity index (χ1) is 16.8. The van der Waals surface area contributed by atoms with Gasteiger partial charge < -0.3 is 9.47 Å². The number of aromatic nitrogens is 2. The number of ether oxygens (including phenoxy) is 2. The maximum Gasteiger partial charge on any atom is 0.326 e. The molecule has 0 spiro atoms. The Kier molecular flexibility index (Phi) is 7.32. The summed E-state index contributed by atoms with van der Waals surface area (Å²) < 4.78 is 25.1. The molecule has 0 saturated carbocycles. The largest absolute Gasteiger partial charge is 0.461 e. The first-order valence-electron chi connectivity index (χ1n) is 10.6. The standard InChI is InChI=1S/C24H19ClFN3O5S/c1-3-13(2)33-20(30)12-29-22(31)19(35-24(29)32)10-16-15-7-5-4-6-14(15)8-9-18(16)34-21-17(26)11-27-23(25)28-21/h4-11,13H,3,12H2,1-2H3/b19-10+/t13-/m1/s1. The van der Waals surface area contributed by atoms with Crippen molar-refractivity contribution in [3.05, 3.63) is 64.2 Å². The monoisotopic (exact) mass is 515 g/mol. The first-order valence-corrected chi connectivity index (χ1v) is 11.8. The summed E-state index contributed by atoms with van der Waals surface area (Å²) in [5.41, 5.74) is 0.421. The number of hydrogen-bond acceptors (Lipinski definition) is 8. The lowest BCUT2D eigenvalue weighted by Crippen LogP contribution is -2.35. The molecule has 2 amide bonds. The minimum atomic E-state index is -0.825. The van der Waals surface area contributed by atoms with Crippen LogP contribution in [0.4, 0.5) is 9.18 Å². The SMILES string of the molecule is CC[C@@H](C)OC(=O)CN1C(=O)S/C(=C/c2c(Oc3nc(Cl)ncc3F)ccc3ccccc23)C1=O. The summed E-state index contributed by atoms with van der Waals surface area (Å²) >= 11 is 6.47. The Morgan fingerprint density at radius 1 is 1.26 bits per heavy atom. The highest BCUT2D eigenvalue weighted by Gasteiger charge is 2.37. The molecule has 2 heterocycles. The molecule has 35 heavy (non-hydrogen) atoms. The fraction of sp³-hybridized carbons (Fsp3) is 0.208. The molecule has 1 atom stereocenters. The number of thioether (sulfide) groups is 1. The number of halogens is 2. The van der Waals surface area contributed by atoms with Gasteiger partial charge in [0.15, 0.2) is 0 Å². The lowest BCUT2D eigenvalue weighted by Gasteiger charge is -2.15. The van der Waals surface area contributed by atoms with E-state index in [2.05, 4.69) is 9.97 Å². The van der Waals surface area contributed by atoms with E-state index in [4.69, 9.17) is 21.1 Å². The molecule has 1 fully saturated rings. The van der Waals surface area contributed by atoms with E-state index in [-0.39, 0.29) is 22.0 Å². The summed E-state index contributed by atoms with van der Waals surface area (Å²) in [6.07, 6.45) is 2.64. The van der Waals surface area contributed by atoms with Gasteiger partial charge in [-0.3, -0.25) is 19.3 Å². The highest BCUT2D eigenvalue weighted by Crippen LogP contribution is 2.38. The number of carbonyl (C=O) groups excluding carboxylic acids is 3. The molecule has 0 unspecified atom stereocenters. The Bertz CT molecular complexity index is 1370. The van der Waals surface area contributed by atoms with Gasteiger partial charge in [0.1, 0.15) is 12.3 Å². The molecule has 0 radical (unpaired) electrons. The Balaban J connectivity index is 1.71. The van der Waals surface area contributed by atoms with Crippen LogP contribution in [-0.4, -0.2) is 44.6 Å². The number of rotatable bonds is 7. The van der Waals surface area contributed by atoms with Crippen molar-refractivity contribution in [1.82, 2.24) is 14.9 Å². The van der Waals surface area contributed by atoms with Crippen LogP contribution < -0.4 is 4.74 Å². The van der Waals surface area contributed by atoms with Crippen molar-refractivity contribution in [2.75, 3.05) is 6.54 Å². The molecule has 0 N–H and O–H groups in total. The van der Waals surface area contributed by atoms with Gasteiger partial charge in [-0.05, 0) is 59.6 Å². The number of hydrogen-bond donors (Lipinski definition) is 0. The Labute approximate surface area is 209 Å². The van der Waals surface area contributed by atoms with Gasteiger partial charge in [0.05, 0.1) is 17.2 Å². The molecule has 0 aliphatic carbocycles. The average Bonchev–Trinajstić information content (AvgIpc) is 3.09. The summed E-state index contributed by atoms with van der Waals surface area (Å²) in [6.45, 7) is 3.09. The van der Waals surface area contributed by atoms with Gasteiger partial charge in [0.2, 0.25) is 11.1 Å². The smallest absolute Gasteiger partial charge is 0.326 e. The van der Waals surface area contributed by atoms with Crippen molar-refractivity contribution in [1.29, 1.82) is 0 Å². The number of fused-ring (bicyclic) bond motifs is 1. The van der Waals surface area contributed by atoms with Crippen LogP contribution in [0.2, 0.25) is 5.28 Å². The third-order valence-corrected chi connectivity index (χ3v) is 6.25. The fourth-order valence-electron chi connectivity index (χ4n) is 3.26. The number of carbonyl (C=O) groups is 3. The average molecular weight is 516 g/mol. The zero-order chi connectivity index (χ0) is 25.1. The third kappa shape index (κ3) is 5.44. The van der Waals surface area contributed by atoms with Gasteiger partial charge in [-0.2, -0.15) is 9.37 Å². The van der Waals surface area contributed by atoms with E-state index in [1.807, 2.05) is 19.1 Å². The molecule has 8 nitrogen and oxygen atoms in total. The molecule has 3 aromatic rings. The van der Waals surface area contributed by atoms with Crippen molar-refractivity contribution < 1.29 is 28.2 Å². The predicted molar refractivity (Wildman–Crippen MR) is 130 cm³/mol. The lowest BCUT2D eigenvalue weighted by atomic mass is 10.0. The first kappa shape index (κ1) is 24.6. The van der Waals surface area contributed by atoms with E-state index >= 15 is 0 Å². The predicted octanol–water partition coefficient (Wildman–Crippen LogP) is 5.59. The van der Waals surface area contributed by atoms with Crippen LogP contribution in [0, 0.1) is 5.82 Å². The maximum absolute atomic E-state index is 14.2. The maximum atomic E-state index is 14.2. The van der Waals surface area contributed by atoms with Gasteiger partial charge in [0.25, 0.3) is 17.0 Å². The van der Waals surface area contributed by atoms with Crippen LogP contribution in [0.3, 0.4) is 0 Å². The Morgan fingerprint density at radius 3 is 2.80 bits per heavy atom. The summed E-state index contributed by atoms with van der Waals surface area (Å²) in [4.78, 5) is 45.9. The number of amides is 2. The molecule has 11 heteroatoms. The molecule has 180 valence electrons. The molecular formula is C24H19ClFN3O5S. The second kappa shape index (κ2) is 10.4. The van der Waals surface area contributed by atoms with Gasteiger partial charge in [0, 0.05) is 5.56 Å².